The molecule has 0 aromatic carbocycles. The van der Waals surface area contributed by atoms with E-state index < -0.39 is 0 Å². The van der Waals surface area contributed by atoms with Crippen molar-refractivity contribution in [3.05, 3.63) is 23.3 Å². The summed E-state index contributed by atoms with van der Waals surface area (Å²) < 4.78 is 0. The number of hydrogen-bond donors (Lipinski definition) is 2. The van der Waals surface area contributed by atoms with E-state index in [0.717, 1.165) is 34.9 Å². The minimum Gasteiger partial charge on any atom is -0.368 e. The van der Waals surface area contributed by atoms with E-state index in [1.807, 2.05) is 6.92 Å². The molecule has 2 heterocycles. The molecule has 0 radical (unpaired) electrons. The monoisotopic (exact) mass is 187 g/mol. The molecule has 3 N–H and O–H groups in total. The lowest BCUT2D eigenvalue weighted by Crippen LogP contribution is -1.97. The largest absolute Gasteiger partial charge is 0.368 e. The molecule has 0 amide bonds. The number of nitrogens with zero attached hydrogens (tertiary/aromatic N) is 3. The van der Waals surface area contributed by atoms with Crippen molar-refractivity contribution < 1.29 is 0 Å². The molecule has 0 saturated carbocycles. The third-order valence-electron chi connectivity index (χ3n) is 2.38. The molecule has 0 fully saturated rings. The molecule has 0 bridgehead atoms. The molecule has 0 aliphatic heterocycles. The second-order valence-corrected chi connectivity index (χ2v) is 3.42. The van der Waals surface area contributed by atoms with Crippen LogP contribution in [0.5, 0.6) is 0 Å². The van der Waals surface area contributed by atoms with Gasteiger partial charge in [0.05, 0.1) is 17.1 Å². The van der Waals surface area contributed by atoms with Gasteiger partial charge in [-0.05, 0) is 6.92 Å². The van der Waals surface area contributed by atoms with Crippen molar-refractivity contribution in [3.8, 4) is 11.4 Å². The van der Waals surface area contributed by atoms with E-state index in [9.17, 15) is 0 Å². The van der Waals surface area contributed by atoms with Gasteiger partial charge in [-0.15, -0.1) is 0 Å². The van der Waals surface area contributed by atoms with E-state index in [1.165, 1.54) is 0 Å². The fourth-order valence-corrected chi connectivity index (χ4v) is 1.81. The molecular formula is C9H9N5. The van der Waals surface area contributed by atoms with Gasteiger partial charge in [-0.25, -0.2) is 15.0 Å². The van der Waals surface area contributed by atoms with Crippen molar-refractivity contribution in [3.63, 3.8) is 0 Å². The van der Waals surface area contributed by atoms with Crippen LogP contribution in [0, 0.1) is 6.92 Å². The van der Waals surface area contributed by atoms with Crippen LogP contribution in [-0.4, -0.2) is 19.9 Å². The number of hydrogen-bond acceptors (Lipinski definition) is 4. The minimum atomic E-state index is 0.309. The predicted octanol–water partition coefficient (Wildman–Crippen LogP) is 0.662. The number of rotatable bonds is 0. The van der Waals surface area contributed by atoms with Crippen molar-refractivity contribution in [1.82, 2.24) is 19.9 Å². The standard InChI is InChI=1S/C9H9N5/c1-4-12-6-2-5-3-11-9(10)14-7(5)8(6)13-4/h3H,2H2,1H3,(H,12,13)(H2,10,11,14). The van der Waals surface area contributed by atoms with Crippen molar-refractivity contribution in [2.45, 2.75) is 13.3 Å². The lowest BCUT2D eigenvalue weighted by Gasteiger charge is -1.98. The van der Waals surface area contributed by atoms with Crippen LogP contribution in [0.4, 0.5) is 5.95 Å². The SMILES string of the molecule is Cc1nc2c([nH]1)-c1nc(N)ncc1C2. The van der Waals surface area contributed by atoms with Gasteiger partial charge >= 0.3 is 0 Å². The van der Waals surface area contributed by atoms with E-state index in [0.29, 0.717) is 5.95 Å². The second-order valence-electron chi connectivity index (χ2n) is 3.42. The highest BCUT2D eigenvalue weighted by Gasteiger charge is 2.23. The fourth-order valence-electron chi connectivity index (χ4n) is 1.81. The summed E-state index contributed by atoms with van der Waals surface area (Å²) in [4.78, 5) is 15.7. The average Bonchev–Trinajstić information content (AvgIpc) is 2.62. The number of H-pyrrole nitrogens is 1. The van der Waals surface area contributed by atoms with Crippen LogP contribution in [-0.2, 0) is 6.42 Å². The quantitative estimate of drug-likeness (QED) is 0.541. The Morgan fingerprint density at radius 3 is 3.14 bits per heavy atom. The van der Waals surface area contributed by atoms with Crippen LogP contribution in [0.1, 0.15) is 17.1 Å². The molecule has 3 rings (SSSR count). The Balaban J connectivity index is 2.28. The molecule has 0 unspecified atom stereocenters. The summed E-state index contributed by atoms with van der Waals surface area (Å²) in [5.41, 5.74) is 9.56. The normalized spacial score (nSPS) is 12.6. The second kappa shape index (κ2) is 2.31. The molecule has 0 spiro atoms. The maximum Gasteiger partial charge on any atom is 0.220 e. The lowest BCUT2D eigenvalue weighted by atomic mass is 10.2. The lowest BCUT2D eigenvalue weighted by molar-refractivity contribution is 1.05. The third kappa shape index (κ3) is 0.863. The van der Waals surface area contributed by atoms with Crippen LogP contribution < -0.4 is 5.73 Å². The topological polar surface area (TPSA) is 80.5 Å². The molecule has 2 aromatic heterocycles. The molecule has 5 nitrogen and oxygen atoms in total. The molecule has 2 aromatic rings. The number of imidazole rings is 1. The highest BCUT2D eigenvalue weighted by molar-refractivity contribution is 5.68. The zero-order valence-corrected chi connectivity index (χ0v) is 7.70. The first kappa shape index (κ1) is 7.49. The van der Waals surface area contributed by atoms with Gasteiger partial charge < -0.3 is 10.7 Å². The highest BCUT2D eigenvalue weighted by atomic mass is 15.0. The van der Waals surface area contributed by atoms with Gasteiger partial charge in [-0.2, -0.15) is 0 Å². The number of nitrogens with two attached hydrogens (primary N) is 1. The van der Waals surface area contributed by atoms with Crippen LogP contribution in [0.25, 0.3) is 11.4 Å². The van der Waals surface area contributed by atoms with Gasteiger partial charge in [0.1, 0.15) is 5.82 Å². The molecular weight excluding hydrogens is 178 g/mol. The van der Waals surface area contributed by atoms with Gasteiger partial charge in [0.25, 0.3) is 0 Å². The van der Waals surface area contributed by atoms with Crippen LogP contribution >= 0.6 is 0 Å². The summed E-state index contributed by atoms with van der Waals surface area (Å²) in [7, 11) is 0. The average molecular weight is 187 g/mol. The Hall–Kier alpha value is -1.91. The predicted molar refractivity (Wildman–Crippen MR) is 51.6 cm³/mol. The summed E-state index contributed by atoms with van der Waals surface area (Å²) in [6.07, 6.45) is 2.57. The maximum atomic E-state index is 5.54. The summed E-state index contributed by atoms with van der Waals surface area (Å²) >= 11 is 0. The minimum absolute atomic E-state index is 0.309. The van der Waals surface area contributed by atoms with Crippen LogP contribution in [0.15, 0.2) is 6.20 Å². The third-order valence-corrected chi connectivity index (χ3v) is 2.38. The molecule has 5 heteroatoms. The first-order valence-electron chi connectivity index (χ1n) is 4.41. The Bertz CT molecular complexity index is 514. The Labute approximate surface area is 80.4 Å². The summed E-state index contributed by atoms with van der Waals surface area (Å²) in [6.45, 7) is 1.93. The zero-order chi connectivity index (χ0) is 9.71. The zero-order valence-electron chi connectivity index (χ0n) is 7.70. The summed E-state index contributed by atoms with van der Waals surface area (Å²) in [6, 6.07) is 0. The number of aromatic amines is 1. The molecule has 70 valence electrons. The number of anilines is 1. The van der Waals surface area contributed by atoms with E-state index in [1.54, 1.807) is 6.20 Å². The Kier molecular flexibility index (Phi) is 1.24. The van der Waals surface area contributed by atoms with E-state index in [-0.39, 0.29) is 0 Å². The van der Waals surface area contributed by atoms with E-state index in [4.69, 9.17) is 5.73 Å². The number of nitrogens with one attached hydrogen (secondary N) is 1. The molecule has 0 atom stereocenters. The number of nitrogen functional groups attached to an aromatic ring is 1. The number of aromatic nitrogens is 4. The van der Waals surface area contributed by atoms with Gasteiger partial charge in [-0.3, -0.25) is 0 Å². The van der Waals surface area contributed by atoms with Crippen LogP contribution in [0.3, 0.4) is 0 Å². The van der Waals surface area contributed by atoms with E-state index >= 15 is 0 Å². The highest BCUT2D eigenvalue weighted by Crippen LogP contribution is 2.32. The molecule has 0 saturated heterocycles. The first-order chi connectivity index (χ1) is 6.74. The fraction of sp³-hybridized carbons (Fsp3) is 0.222. The van der Waals surface area contributed by atoms with Gasteiger partial charge in [0.15, 0.2) is 0 Å². The van der Waals surface area contributed by atoms with Gasteiger partial charge in [-0.1, -0.05) is 0 Å². The summed E-state index contributed by atoms with van der Waals surface area (Å²) in [5, 5.41) is 0. The summed E-state index contributed by atoms with van der Waals surface area (Å²) in [5.74, 6) is 1.22. The molecule has 14 heavy (non-hydrogen) atoms. The van der Waals surface area contributed by atoms with Gasteiger partial charge in [0.2, 0.25) is 5.95 Å². The first-order valence-corrected chi connectivity index (χ1v) is 4.41. The van der Waals surface area contributed by atoms with Crippen molar-refractivity contribution in [2.24, 2.45) is 0 Å². The Morgan fingerprint density at radius 1 is 1.43 bits per heavy atom. The van der Waals surface area contributed by atoms with Crippen LogP contribution in [0.2, 0.25) is 0 Å². The van der Waals surface area contributed by atoms with Crippen molar-refractivity contribution >= 4 is 5.95 Å². The Morgan fingerprint density at radius 2 is 2.29 bits per heavy atom. The van der Waals surface area contributed by atoms with Crippen molar-refractivity contribution in [1.29, 1.82) is 0 Å². The number of aryl methyl sites for hydroxylation is 1. The van der Waals surface area contributed by atoms with Gasteiger partial charge in [0, 0.05) is 18.2 Å². The smallest absolute Gasteiger partial charge is 0.220 e. The number of fused-ring (bicyclic) bond motifs is 3. The molecule has 1 aliphatic carbocycles. The van der Waals surface area contributed by atoms with E-state index in [2.05, 4.69) is 19.9 Å². The molecule has 1 aliphatic rings. The maximum absolute atomic E-state index is 5.54. The van der Waals surface area contributed by atoms with Crippen molar-refractivity contribution in [2.75, 3.05) is 5.73 Å².